The van der Waals surface area contributed by atoms with Gasteiger partial charge in [0.1, 0.15) is 5.84 Å². The third-order valence-corrected chi connectivity index (χ3v) is 14.0. The molecular formula is C52H32N2S2. The number of amidine groups is 1. The Balaban J connectivity index is 1.09. The maximum Gasteiger partial charge on any atom is 0.135 e. The average molecular weight is 749 g/mol. The molecule has 2 aliphatic rings. The minimum atomic E-state index is 0.0141. The van der Waals surface area contributed by atoms with Crippen molar-refractivity contribution in [3.8, 4) is 22.3 Å². The van der Waals surface area contributed by atoms with Crippen LogP contribution in [0.3, 0.4) is 0 Å². The molecule has 9 aromatic carbocycles. The molecule has 0 aliphatic carbocycles. The van der Waals surface area contributed by atoms with Crippen LogP contribution in [-0.4, -0.2) is 5.84 Å². The van der Waals surface area contributed by atoms with E-state index < -0.39 is 0 Å². The summed E-state index contributed by atoms with van der Waals surface area (Å²) in [5, 5.41) is 14.1. The van der Waals surface area contributed by atoms with Gasteiger partial charge >= 0.3 is 0 Å². The summed E-state index contributed by atoms with van der Waals surface area (Å²) in [5.74, 6) is 0.898. The Morgan fingerprint density at radius 1 is 0.446 bits per heavy atom. The predicted molar refractivity (Wildman–Crippen MR) is 241 cm³/mol. The molecule has 1 unspecified atom stereocenters. The van der Waals surface area contributed by atoms with E-state index in [1.54, 1.807) is 0 Å². The molecule has 1 aromatic heterocycles. The van der Waals surface area contributed by atoms with E-state index in [0.29, 0.717) is 0 Å². The third-order valence-electron chi connectivity index (χ3n) is 11.5. The largest absolute Gasteiger partial charge is 0.358 e. The van der Waals surface area contributed by atoms with Crippen molar-refractivity contribution < 1.29 is 0 Å². The van der Waals surface area contributed by atoms with Gasteiger partial charge in [-0.15, -0.1) is 11.3 Å². The fraction of sp³-hybridized carbons (Fsp3) is 0.0192. The van der Waals surface area contributed by atoms with Crippen LogP contribution in [0.15, 0.2) is 197 Å². The minimum Gasteiger partial charge on any atom is -0.358 e. The lowest BCUT2D eigenvalue weighted by Gasteiger charge is -2.27. The van der Waals surface area contributed by atoms with Crippen molar-refractivity contribution in [1.82, 2.24) is 5.32 Å². The van der Waals surface area contributed by atoms with Gasteiger partial charge in [0.05, 0.1) is 11.7 Å². The van der Waals surface area contributed by atoms with E-state index in [4.69, 9.17) is 4.99 Å². The Morgan fingerprint density at radius 3 is 1.91 bits per heavy atom. The zero-order valence-electron chi connectivity index (χ0n) is 30.2. The van der Waals surface area contributed by atoms with Crippen LogP contribution in [0.1, 0.15) is 22.7 Å². The second-order valence-electron chi connectivity index (χ2n) is 14.7. The summed E-state index contributed by atoms with van der Waals surface area (Å²) in [7, 11) is 0. The summed E-state index contributed by atoms with van der Waals surface area (Å²) in [6.07, 6.45) is 0. The quantitative estimate of drug-likeness (QED) is 0.181. The van der Waals surface area contributed by atoms with Crippen LogP contribution < -0.4 is 5.32 Å². The van der Waals surface area contributed by atoms with Gasteiger partial charge in [-0.25, -0.2) is 4.99 Å². The highest BCUT2D eigenvalue weighted by Gasteiger charge is 2.35. The number of thioether (sulfide) groups is 1. The number of hydrogen-bond acceptors (Lipinski definition) is 4. The van der Waals surface area contributed by atoms with E-state index >= 15 is 0 Å². The first-order chi connectivity index (χ1) is 27.8. The molecule has 0 bridgehead atoms. The number of thiophene rings is 1. The lowest BCUT2D eigenvalue weighted by atomic mass is 9.88. The molecule has 1 atom stereocenters. The molecule has 0 saturated carbocycles. The van der Waals surface area contributed by atoms with Crippen LogP contribution in [0, 0.1) is 0 Å². The van der Waals surface area contributed by atoms with E-state index in [9.17, 15) is 0 Å². The average Bonchev–Trinajstić information content (AvgIpc) is 3.85. The molecule has 2 nitrogen and oxygen atoms in total. The maximum absolute atomic E-state index is 5.59. The van der Waals surface area contributed by atoms with Gasteiger partial charge in [-0.2, -0.15) is 0 Å². The SMILES string of the molecule is c1ccc(C2=C3Sc4ccccc4C3NC(c3cc(-c4ccc(-c5cccc6c5sc5ccccc56)cc4)cc4c5ccccc5c5ccccc5c34)=N2)cc1. The van der Waals surface area contributed by atoms with Gasteiger partial charge in [-0.05, 0) is 79.0 Å². The molecular weight excluding hydrogens is 717 g/mol. The Kier molecular flexibility index (Phi) is 7.13. The smallest absolute Gasteiger partial charge is 0.135 e. The van der Waals surface area contributed by atoms with Crippen molar-refractivity contribution in [3.05, 3.63) is 204 Å². The molecule has 0 fully saturated rings. The molecule has 12 rings (SSSR count). The summed E-state index contributed by atoms with van der Waals surface area (Å²) in [6.45, 7) is 0. The van der Waals surface area contributed by atoms with Gasteiger partial charge in [0.15, 0.2) is 0 Å². The first-order valence-corrected chi connectivity index (χ1v) is 20.7. The Bertz CT molecular complexity index is 3300. The molecule has 56 heavy (non-hydrogen) atoms. The number of rotatable bonds is 4. The first-order valence-electron chi connectivity index (χ1n) is 19.1. The number of benzene rings is 9. The second-order valence-corrected chi connectivity index (χ2v) is 16.8. The van der Waals surface area contributed by atoms with Gasteiger partial charge in [-0.3, -0.25) is 0 Å². The highest BCUT2D eigenvalue weighted by Crippen LogP contribution is 2.52. The summed E-state index contributed by atoms with van der Waals surface area (Å²) in [4.78, 5) is 8.12. The van der Waals surface area contributed by atoms with Crippen LogP contribution in [0.5, 0.6) is 0 Å². The van der Waals surface area contributed by atoms with Gasteiger partial charge in [0.25, 0.3) is 0 Å². The Labute approximate surface area is 332 Å². The summed E-state index contributed by atoms with van der Waals surface area (Å²) < 4.78 is 2.66. The van der Waals surface area contributed by atoms with Gasteiger partial charge in [0, 0.05) is 46.5 Å². The highest BCUT2D eigenvalue weighted by molar-refractivity contribution is 8.03. The summed E-state index contributed by atoms with van der Waals surface area (Å²) in [6, 6.07) is 66.6. The molecule has 4 heteroatoms. The predicted octanol–water partition coefficient (Wildman–Crippen LogP) is 14.4. The van der Waals surface area contributed by atoms with E-state index in [1.165, 1.54) is 90.1 Å². The molecule has 0 amide bonds. The van der Waals surface area contributed by atoms with Crippen LogP contribution in [0.4, 0.5) is 0 Å². The monoisotopic (exact) mass is 748 g/mol. The number of fused-ring (bicyclic) bond motifs is 12. The van der Waals surface area contributed by atoms with E-state index in [-0.39, 0.29) is 6.04 Å². The van der Waals surface area contributed by atoms with Gasteiger partial charge < -0.3 is 5.32 Å². The van der Waals surface area contributed by atoms with E-state index in [0.717, 1.165) is 22.7 Å². The van der Waals surface area contributed by atoms with Crippen LogP contribution in [-0.2, 0) is 0 Å². The first kappa shape index (κ1) is 31.8. The van der Waals surface area contributed by atoms with Crippen molar-refractivity contribution in [2.45, 2.75) is 10.9 Å². The topological polar surface area (TPSA) is 24.4 Å². The Morgan fingerprint density at radius 2 is 1.09 bits per heavy atom. The highest BCUT2D eigenvalue weighted by atomic mass is 32.2. The number of nitrogens with zero attached hydrogens (tertiary/aromatic N) is 1. The molecule has 10 aromatic rings. The number of aliphatic imine (C=N–C) groups is 1. The minimum absolute atomic E-state index is 0.0141. The molecule has 0 saturated heterocycles. The van der Waals surface area contributed by atoms with Gasteiger partial charge in [0.2, 0.25) is 0 Å². The van der Waals surface area contributed by atoms with E-state index in [1.807, 2.05) is 23.1 Å². The van der Waals surface area contributed by atoms with Crippen molar-refractivity contribution in [2.24, 2.45) is 4.99 Å². The van der Waals surface area contributed by atoms with Crippen LogP contribution in [0.2, 0.25) is 0 Å². The molecule has 3 heterocycles. The zero-order chi connectivity index (χ0) is 36.7. The second kappa shape index (κ2) is 12.5. The van der Waals surface area contributed by atoms with Crippen LogP contribution in [0.25, 0.3) is 80.4 Å². The Hall–Kier alpha value is -6.46. The normalized spacial score (nSPS) is 15.1. The lowest BCUT2D eigenvalue weighted by molar-refractivity contribution is 0.768. The maximum atomic E-state index is 5.59. The number of hydrogen-bond donors (Lipinski definition) is 1. The third kappa shape index (κ3) is 4.86. The fourth-order valence-corrected chi connectivity index (χ4v) is 11.4. The lowest BCUT2D eigenvalue weighted by Crippen LogP contribution is -2.32. The van der Waals surface area contributed by atoms with Crippen LogP contribution >= 0.6 is 23.1 Å². The molecule has 1 N–H and O–H groups in total. The number of nitrogens with one attached hydrogen (secondary N) is 1. The fourth-order valence-electron chi connectivity index (χ4n) is 8.94. The van der Waals surface area contributed by atoms with Crippen molar-refractivity contribution >= 4 is 87.1 Å². The standard InChI is InChI=1S/C52H32N2S2/c1-2-13-33(14-3-1)48-51-49(42-20-9-11-24-46(42)56-51)54-52(53-48)44-30-34(29-43-38-17-5-4-15-36(38)37-16-6-7-19-40(37)47(43)44)31-25-27-32(28-26-31)35-21-12-22-41-39-18-8-10-23-45(39)55-50(35)41/h1-30,49H,(H,53,54). The van der Waals surface area contributed by atoms with Gasteiger partial charge in [-0.1, -0.05) is 169 Å². The van der Waals surface area contributed by atoms with E-state index in [2.05, 4.69) is 187 Å². The summed E-state index contributed by atoms with van der Waals surface area (Å²) >= 11 is 3.72. The van der Waals surface area contributed by atoms with Crippen molar-refractivity contribution in [2.75, 3.05) is 0 Å². The molecule has 2 aliphatic heterocycles. The zero-order valence-corrected chi connectivity index (χ0v) is 31.8. The summed E-state index contributed by atoms with van der Waals surface area (Å²) in [5.41, 5.74) is 9.42. The van der Waals surface area contributed by atoms with Crippen molar-refractivity contribution in [3.63, 3.8) is 0 Å². The molecule has 0 radical (unpaired) electrons. The molecule has 262 valence electrons. The van der Waals surface area contributed by atoms with Crippen molar-refractivity contribution in [1.29, 1.82) is 0 Å². The molecule has 0 spiro atoms.